The van der Waals surface area contributed by atoms with Crippen LogP contribution in [0.5, 0.6) is 5.75 Å². The first-order valence-electron chi connectivity index (χ1n) is 10.2. The number of thiocarbonyl (C=S) groups is 1. The van der Waals surface area contributed by atoms with E-state index in [1.165, 1.54) is 12.1 Å². The number of hydrogen-bond acceptors (Lipinski definition) is 5. The summed E-state index contributed by atoms with van der Waals surface area (Å²) in [6, 6.07) is 22.1. The van der Waals surface area contributed by atoms with E-state index in [9.17, 15) is 9.90 Å². The summed E-state index contributed by atoms with van der Waals surface area (Å²) >= 11 is 5.65. The smallest absolute Gasteiger partial charge is 0.335 e. The maximum atomic E-state index is 11.2. The number of phenols is 1. The zero-order valence-electron chi connectivity index (χ0n) is 17.3. The van der Waals surface area contributed by atoms with Crippen LogP contribution in [0, 0.1) is 0 Å². The number of nitrogens with one attached hydrogen (secondary N) is 1. The van der Waals surface area contributed by atoms with Crippen LogP contribution < -0.4 is 10.2 Å². The molecule has 33 heavy (non-hydrogen) atoms. The Hall–Kier alpha value is -4.17. The van der Waals surface area contributed by atoms with Crippen molar-refractivity contribution in [2.45, 2.75) is 12.1 Å². The van der Waals surface area contributed by atoms with Gasteiger partial charge in [0, 0.05) is 11.8 Å². The number of pyridine rings is 1. The molecule has 1 aliphatic rings. The van der Waals surface area contributed by atoms with E-state index in [0.29, 0.717) is 22.3 Å². The molecular weight excluding hydrogens is 438 g/mol. The van der Waals surface area contributed by atoms with E-state index in [4.69, 9.17) is 21.7 Å². The molecule has 4 aromatic rings. The number of carboxylic acid groups (broad SMARTS) is 1. The number of hydrogen-bond donors (Lipinski definition) is 3. The van der Waals surface area contributed by atoms with E-state index < -0.39 is 12.0 Å². The van der Waals surface area contributed by atoms with E-state index in [2.05, 4.69) is 10.3 Å². The van der Waals surface area contributed by atoms with Gasteiger partial charge in [0.05, 0.1) is 23.0 Å². The van der Waals surface area contributed by atoms with Crippen molar-refractivity contribution in [2.75, 3.05) is 4.90 Å². The SMILES string of the molecule is O=C(O)c1ccc(-c2ccc([C@H]3[C@@H](c4ccccn4)NC(=S)N3c3ccccc3O)o2)cc1. The Labute approximate surface area is 194 Å². The minimum atomic E-state index is -0.983. The third-order valence-electron chi connectivity index (χ3n) is 5.57. The van der Waals surface area contributed by atoms with Crippen LogP contribution in [-0.2, 0) is 0 Å². The topological polar surface area (TPSA) is 98.8 Å². The van der Waals surface area contributed by atoms with Crippen LogP contribution in [0.1, 0.15) is 33.9 Å². The fourth-order valence-electron chi connectivity index (χ4n) is 4.02. The molecule has 5 rings (SSSR count). The third-order valence-corrected chi connectivity index (χ3v) is 5.89. The summed E-state index contributed by atoms with van der Waals surface area (Å²) in [4.78, 5) is 17.5. The van der Waals surface area contributed by atoms with Gasteiger partial charge in [-0.3, -0.25) is 4.98 Å². The number of anilines is 1. The van der Waals surface area contributed by atoms with Gasteiger partial charge in [-0.1, -0.05) is 30.3 Å². The second-order valence-corrected chi connectivity index (χ2v) is 7.96. The lowest BCUT2D eigenvalue weighted by Gasteiger charge is -2.26. The molecule has 3 N–H and O–H groups in total. The average Bonchev–Trinajstić information content (AvgIpc) is 3.45. The first-order valence-corrected chi connectivity index (χ1v) is 10.7. The highest BCUT2D eigenvalue weighted by Crippen LogP contribution is 2.45. The molecule has 0 bridgehead atoms. The summed E-state index contributed by atoms with van der Waals surface area (Å²) in [5.41, 5.74) is 2.30. The predicted molar refractivity (Wildman–Crippen MR) is 127 cm³/mol. The van der Waals surface area contributed by atoms with Gasteiger partial charge in [-0.25, -0.2) is 4.79 Å². The Morgan fingerprint density at radius 3 is 2.45 bits per heavy atom. The summed E-state index contributed by atoms with van der Waals surface area (Å²) in [6.45, 7) is 0. The van der Waals surface area contributed by atoms with Gasteiger partial charge in [-0.15, -0.1) is 0 Å². The van der Waals surface area contributed by atoms with Crippen molar-refractivity contribution in [2.24, 2.45) is 0 Å². The van der Waals surface area contributed by atoms with Crippen LogP contribution in [-0.4, -0.2) is 26.3 Å². The molecule has 7 nitrogen and oxygen atoms in total. The van der Waals surface area contributed by atoms with Crippen molar-refractivity contribution in [3.8, 4) is 17.1 Å². The lowest BCUT2D eigenvalue weighted by molar-refractivity contribution is 0.0697. The number of aromatic nitrogens is 1. The van der Waals surface area contributed by atoms with Gasteiger partial charge in [-0.2, -0.15) is 0 Å². The zero-order chi connectivity index (χ0) is 22.9. The maximum absolute atomic E-state index is 11.2. The predicted octanol–water partition coefficient (Wildman–Crippen LogP) is 4.92. The molecule has 1 saturated heterocycles. The third kappa shape index (κ3) is 3.81. The molecule has 2 aromatic heterocycles. The minimum Gasteiger partial charge on any atom is -0.506 e. The Balaban J connectivity index is 1.58. The molecular formula is C25H19N3O4S. The summed E-state index contributed by atoms with van der Waals surface area (Å²) < 4.78 is 6.25. The monoisotopic (exact) mass is 457 g/mol. The quantitative estimate of drug-likeness (QED) is 0.363. The molecule has 0 unspecified atom stereocenters. The zero-order valence-corrected chi connectivity index (χ0v) is 18.1. The molecule has 0 amide bonds. The van der Waals surface area contributed by atoms with Crippen LogP contribution in [0.3, 0.4) is 0 Å². The molecule has 3 heterocycles. The number of para-hydroxylation sites is 2. The van der Waals surface area contributed by atoms with Crippen molar-refractivity contribution < 1.29 is 19.4 Å². The van der Waals surface area contributed by atoms with Crippen LogP contribution >= 0.6 is 12.2 Å². The summed E-state index contributed by atoms with van der Waals surface area (Å²) in [5, 5.41) is 23.4. The van der Waals surface area contributed by atoms with Gasteiger partial charge >= 0.3 is 5.97 Å². The van der Waals surface area contributed by atoms with Crippen molar-refractivity contribution in [1.82, 2.24) is 10.3 Å². The molecule has 0 spiro atoms. The maximum Gasteiger partial charge on any atom is 0.335 e. The van der Waals surface area contributed by atoms with E-state index >= 15 is 0 Å². The van der Waals surface area contributed by atoms with E-state index in [0.717, 1.165) is 11.3 Å². The van der Waals surface area contributed by atoms with Crippen molar-refractivity contribution in [3.63, 3.8) is 0 Å². The molecule has 164 valence electrons. The largest absolute Gasteiger partial charge is 0.506 e. The second-order valence-electron chi connectivity index (χ2n) is 7.57. The number of furan rings is 1. The molecule has 1 aliphatic heterocycles. The number of carboxylic acids is 1. The van der Waals surface area contributed by atoms with Crippen LogP contribution in [0.15, 0.2) is 89.5 Å². The summed E-state index contributed by atoms with van der Waals surface area (Å²) in [7, 11) is 0. The van der Waals surface area contributed by atoms with E-state index in [-0.39, 0.29) is 17.4 Å². The number of aromatic carboxylic acids is 1. The number of nitrogens with zero attached hydrogens (tertiary/aromatic N) is 2. The van der Waals surface area contributed by atoms with Crippen molar-refractivity contribution >= 4 is 29.0 Å². The second kappa shape index (κ2) is 8.40. The number of benzene rings is 2. The summed E-state index contributed by atoms with van der Waals surface area (Å²) in [5.74, 6) is 0.337. The lowest BCUT2D eigenvalue weighted by atomic mass is 10.0. The fraction of sp³-hybridized carbons (Fsp3) is 0.0800. The van der Waals surface area contributed by atoms with Gasteiger partial charge in [-0.05, 0) is 60.7 Å². The number of aromatic hydroxyl groups is 1. The minimum absolute atomic E-state index is 0.101. The fourth-order valence-corrected chi connectivity index (χ4v) is 4.35. The highest BCUT2D eigenvalue weighted by Gasteiger charge is 2.43. The van der Waals surface area contributed by atoms with Crippen LogP contribution in [0.25, 0.3) is 11.3 Å². The molecule has 0 aliphatic carbocycles. The Bertz CT molecular complexity index is 1320. The first-order chi connectivity index (χ1) is 16.0. The molecule has 1 fully saturated rings. The summed E-state index contributed by atoms with van der Waals surface area (Å²) in [6.07, 6.45) is 1.72. The molecule has 0 radical (unpaired) electrons. The average molecular weight is 458 g/mol. The number of rotatable bonds is 5. The lowest BCUT2D eigenvalue weighted by Crippen LogP contribution is -2.29. The standard InChI is InChI=1S/C25H19N3O4S/c29-19-7-2-1-6-18(19)28-23(22(27-25(28)33)17-5-3-4-14-26-17)21-13-12-20(32-21)15-8-10-16(11-9-15)24(30)31/h1-14,22-23,29H,(H,27,33)(H,30,31)/t22-,23+/m1/s1. The van der Waals surface area contributed by atoms with Gasteiger partial charge in [0.1, 0.15) is 23.3 Å². The molecule has 2 aromatic carbocycles. The Morgan fingerprint density at radius 2 is 1.76 bits per heavy atom. The highest BCUT2D eigenvalue weighted by atomic mass is 32.1. The van der Waals surface area contributed by atoms with Gasteiger partial charge < -0.3 is 24.8 Å². The highest BCUT2D eigenvalue weighted by molar-refractivity contribution is 7.80. The Morgan fingerprint density at radius 1 is 1.00 bits per heavy atom. The van der Waals surface area contributed by atoms with Gasteiger partial charge in [0.2, 0.25) is 0 Å². The number of phenolic OH excluding ortho intramolecular Hbond substituents is 1. The molecule has 2 atom stereocenters. The first kappa shape index (κ1) is 20.7. The van der Waals surface area contributed by atoms with E-state index in [1.807, 2.05) is 41.3 Å². The van der Waals surface area contributed by atoms with E-state index in [1.54, 1.807) is 36.5 Å². The molecule has 8 heteroatoms. The van der Waals surface area contributed by atoms with Crippen molar-refractivity contribution in [1.29, 1.82) is 0 Å². The van der Waals surface area contributed by atoms with Crippen LogP contribution in [0.4, 0.5) is 5.69 Å². The normalized spacial score (nSPS) is 17.7. The molecule has 0 saturated carbocycles. The van der Waals surface area contributed by atoms with Crippen LogP contribution in [0.2, 0.25) is 0 Å². The Kier molecular flexibility index (Phi) is 5.27. The van der Waals surface area contributed by atoms with Crippen molar-refractivity contribution in [3.05, 3.63) is 102 Å². The van der Waals surface area contributed by atoms with Gasteiger partial charge in [0.15, 0.2) is 5.11 Å². The van der Waals surface area contributed by atoms with Gasteiger partial charge in [0.25, 0.3) is 0 Å². The number of carbonyl (C=O) groups is 1.